The molecular formula is C18H26N4O2. The number of rotatable bonds is 3. The Morgan fingerprint density at radius 2 is 1.92 bits per heavy atom. The van der Waals surface area contributed by atoms with E-state index in [1.165, 1.54) is 0 Å². The number of amides is 2. The van der Waals surface area contributed by atoms with E-state index < -0.39 is 0 Å². The van der Waals surface area contributed by atoms with Crippen LogP contribution in [-0.4, -0.2) is 47.9 Å². The summed E-state index contributed by atoms with van der Waals surface area (Å²) in [6, 6.07) is 4.10. The van der Waals surface area contributed by atoms with Crippen molar-refractivity contribution in [2.24, 2.45) is 23.5 Å². The molecule has 6 nitrogen and oxygen atoms in total. The number of carbonyl (C=O) groups excluding carboxylic acids is 2. The zero-order valence-electron chi connectivity index (χ0n) is 14.4. The van der Waals surface area contributed by atoms with E-state index in [0.717, 1.165) is 37.3 Å². The number of nitrogens with two attached hydrogens (primary N) is 1. The predicted molar refractivity (Wildman–Crippen MR) is 92.3 cm³/mol. The normalized spacial score (nSPS) is 25.1. The Bertz CT molecular complexity index is 608. The number of likely N-dealkylation sites (tertiary alicyclic amines) is 1. The van der Waals surface area contributed by atoms with E-state index in [0.29, 0.717) is 13.1 Å². The summed E-state index contributed by atoms with van der Waals surface area (Å²) in [7, 11) is 0. The molecule has 2 N–H and O–H groups in total. The third-order valence-electron chi connectivity index (χ3n) is 5.35. The number of hydrogen-bond donors (Lipinski definition) is 1. The first-order valence-corrected chi connectivity index (χ1v) is 8.71. The minimum atomic E-state index is -0.293. The van der Waals surface area contributed by atoms with Gasteiger partial charge in [0.05, 0.1) is 5.92 Å². The first-order chi connectivity index (χ1) is 11.5. The molecule has 130 valence electrons. The zero-order valence-corrected chi connectivity index (χ0v) is 14.4. The Labute approximate surface area is 143 Å². The lowest BCUT2D eigenvalue weighted by atomic mass is 9.95. The highest BCUT2D eigenvalue weighted by Crippen LogP contribution is 2.28. The van der Waals surface area contributed by atoms with Gasteiger partial charge in [-0.1, -0.05) is 13.0 Å². The summed E-state index contributed by atoms with van der Waals surface area (Å²) in [4.78, 5) is 32.7. The molecule has 2 amide bonds. The van der Waals surface area contributed by atoms with E-state index >= 15 is 0 Å². The smallest absolute Gasteiger partial charge is 0.225 e. The molecule has 6 heteroatoms. The van der Waals surface area contributed by atoms with E-state index in [1.54, 1.807) is 0 Å². The van der Waals surface area contributed by atoms with Crippen LogP contribution in [0.1, 0.15) is 25.3 Å². The number of primary amides is 1. The average molecular weight is 330 g/mol. The Morgan fingerprint density at radius 1 is 1.21 bits per heavy atom. The molecule has 0 bridgehead atoms. The van der Waals surface area contributed by atoms with Gasteiger partial charge in [-0.25, -0.2) is 4.98 Å². The number of nitrogens with zero attached hydrogens (tertiary/aromatic N) is 3. The third kappa shape index (κ3) is 3.37. The van der Waals surface area contributed by atoms with E-state index in [-0.39, 0.29) is 29.6 Å². The fraction of sp³-hybridized carbons (Fsp3) is 0.611. The van der Waals surface area contributed by atoms with Crippen LogP contribution < -0.4 is 10.6 Å². The summed E-state index contributed by atoms with van der Waals surface area (Å²) >= 11 is 0. The van der Waals surface area contributed by atoms with Gasteiger partial charge in [-0.15, -0.1) is 0 Å². The van der Waals surface area contributed by atoms with E-state index in [1.807, 2.05) is 31.0 Å². The van der Waals surface area contributed by atoms with E-state index in [4.69, 9.17) is 5.73 Å². The lowest BCUT2D eigenvalue weighted by Gasteiger charge is -2.34. The molecule has 0 unspecified atom stereocenters. The molecule has 2 aliphatic rings. The summed E-state index contributed by atoms with van der Waals surface area (Å²) in [6.45, 7) is 6.83. The van der Waals surface area contributed by atoms with Crippen LogP contribution in [0, 0.1) is 24.7 Å². The van der Waals surface area contributed by atoms with Gasteiger partial charge in [0, 0.05) is 38.3 Å². The molecule has 2 aliphatic heterocycles. The first kappa shape index (κ1) is 16.7. The minimum absolute atomic E-state index is 0.0468. The molecule has 0 radical (unpaired) electrons. The second kappa shape index (κ2) is 6.79. The van der Waals surface area contributed by atoms with Crippen molar-refractivity contribution in [3.8, 4) is 0 Å². The van der Waals surface area contributed by atoms with E-state index in [9.17, 15) is 9.59 Å². The van der Waals surface area contributed by atoms with Gasteiger partial charge in [0.1, 0.15) is 5.82 Å². The second-order valence-corrected chi connectivity index (χ2v) is 7.18. The number of piperidine rings is 1. The molecule has 3 rings (SSSR count). The van der Waals surface area contributed by atoms with Gasteiger partial charge in [0.2, 0.25) is 11.8 Å². The maximum absolute atomic E-state index is 12.7. The lowest BCUT2D eigenvalue weighted by molar-refractivity contribution is -0.135. The van der Waals surface area contributed by atoms with Crippen LogP contribution >= 0.6 is 0 Å². The van der Waals surface area contributed by atoms with Crippen molar-refractivity contribution < 1.29 is 9.59 Å². The van der Waals surface area contributed by atoms with Gasteiger partial charge in [-0.3, -0.25) is 9.59 Å². The molecule has 2 atom stereocenters. The number of aromatic nitrogens is 1. The number of pyridine rings is 1. The Kier molecular flexibility index (Phi) is 4.73. The Morgan fingerprint density at radius 3 is 2.46 bits per heavy atom. The van der Waals surface area contributed by atoms with Crippen LogP contribution in [0.3, 0.4) is 0 Å². The highest BCUT2D eigenvalue weighted by Gasteiger charge is 2.38. The van der Waals surface area contributed by atoms with Crippen molar-refractivity contribution in [3.63, 3.8) is 0 Å². The van der Waals surface area contributed by atoms with Gasteiger partial charge in [-0.2, -0.15) is 0 Å². The van der Waals surface area contributed by atoms with E-state index in [2.05, 4.69) is 16.0 Å². The molecule has 1 aromatic rings. The summed E-state index contributed by atoms with van der Waals surface area (Å²) in [6.07, 6.45) is 3.54. The van der Waals surface area contributed by atoms with Crippen molar-refractivity contribution in [1.82, 2.24) is 9.88 Å². The fourth-order valence-corrected chi connectivity index (χ4v) is 3.78. The fourth-order valence-electron chi connectivity index (χ4n) is 3.78. The highest BCUT2D eigenvalue weighted by atomic mass is 16.2. The molecule has 2 saturated heterocycles. The number of aryl methyl sites for hydroxylation is 1. The van der Waals surface area contributed by atoms with Crippen molar-refractivity contribution in [3.05, 3.63) is 23.9 Å². The summed E-state index contributed by atoms with van der Waals surface area (Å²) in [5.41, 5.74) is 6.58. The van der Waals surface area contributed by atoms with Gasteiger partial charge in [0.25, 0.3) is 0 Å². The molecule has 1 aromatic heterocycles. The Hall–Kier alpha value is -2.11. The first-order valence-electron chi connectivity index (χ1n) is 8.71. The molecule has 0 saturated carbocycles. The van der Waals surface area contributed by atoms with Crippen molar-refractivity contribution in [2.75, 3.05) is 31.1 Å². The summed E-state index contributed by atoms with van der Waals surface area (Å²) in [5, 5.41) is 0. The van der Waals surface area contributed by atoms with Crippen LogP contribution in [0.25, 0.3) is 0 Å². The average Bonchev–Trinajstić information content (AvgIpc) is 2.97. The molecule has 0 spiro atoms. The van der Waals surface area contributed by atoms with Gasteiger partial charge in [0.15, 0.2) is 0 Å². The minimum Gasteiger partial charge on any atom is -0.369 e. The summed E-state index contributed by atoms with van der Waals surface area (Å²) < 4.78 is 0. The van der Waals surface area contributed by atoms with Crippen LogP contribution in [-0.2, 0) is 9.59 Å². The van der Waals surface area contributed by atoms with Crippen LogP contribution in [0.2, 0.25) is 0 Å². The molecule has 24 heavy (non-hydrogen) atoms. The molecule has 2 fully saturated rings. The van der Waals surface area contributed by atoms with Gasteiger partial charge >= 0.3 is 0 Å². The standard InChI is InChI=1S/C18H26N4O2/c1-12-3-4-16(20-9-12)21-7-5-14(6-8-21)18(24)22-10-13(2)15(11-22)17(19)23/h3-4,9,13-15H,5-8,10-11H2,1-2H3,(H2,19,23)/t13-,15-/m1/s1. The van der Waals surface area contributed by atoms with Crippen LogP contribution in [0.15, 0.2) is 18.3 Å². The van der Waals surface area contributed by atoms with Crippen LogP contribution in [0.4, 0.5) is 5.82 Å². The topological polar surface area (TPSA) is 79.5 Å². The largest absolute Gasteiger partial charge is 0.369 e. The monoisotopic (exact) mass is 330 g/mol. The molecular weight excluding hydrogens is 304 g/mol. The molecule has 0 aromatic carbocycles. The maximum atomic E-state index is 12.7. The zero-order chi connectivity index (χ0) is 17.3. The van der Waals surface area contributed by atoms with Crippen molar-refractivity contribution >= 4 is 17.6 Å². The highest BCUT2D eigenvalue weighted by molar-refractivity contribution is 5.82. The SMILES string of the molecule is Cc1ccc(N2CCC(C(=O)N3C[C@@H](C)[C@H](C(N)=O)C3)CC2)nc1. The van der Waals surface area contributed by atoms with Crippen LogP contribution in [0.5, 0.6) is 0 Å². The van der Waals surface area contributed by atoms with Gasteiger partial charge < -0.3 is 15.5 Å². The Balaban J connectivity index is 1.56. The number of anilines is 1. The van der Waals surface area contributed by atoms with Crippen molar-refractivity contribution in [1.29, 1.82) is 0 Å². The quantitative estimate of drug-likeness (QED) is 0.903. The molecule has 0 aliphatic carbocycles. The maximum Gasteiger partial charge on any atom is 0.225 e. The number of hydrogen-bond acceptors (Lipinski definition) is 4. The lowest BCUT2D eigenvalue weighted by Crippen LogP contribution is -2.42. The predicted octanol–water partition coefficient (Wildman–Crippen LogP) is 1.19. The van der Waals surface area contributed by atoms with Gasteiger partial charge in [-0.05, 0) is 37.3 Å². The third-order valence-corrected chi connectivity index (χ3v) is 5.35. The summed E-state index contributed by atoms with van der Waals surface area (Å²) in [5.74, 6) is 0.870. The van der Waals surface area contributed by atoms with Crippen molar-refractivity contribution in [2.45, 2.75) is 26.7 Å². The number of carbonyl (C=O) groups is 2. The molecule has 3 heterocycles. The second-order valence-electron chi connectivity index (χ2n) is 7.18.